The van der Waals surface area contributed by atoms with Crippen molar-refractivity contribution in [3.63, 3.8) is 0 Å². The molecule has 1 spiro atoms. The summed E-state index contributed by atoms with van der Waals surface area (Å²) in [4.78, 5) is 25.8. The normalized spacial score (nSPS) is 19.3. The molecule has 2 aliphatic rings. The van der Waals surface area contributed by atoms with E-state index in [-0.39, 0.29) is 11.4 Å². The number of rotatable bonds is 3. The van der Waals surface area contributed by atoms with Crippen molar-refractivity contribution in [1.29, 1.82) is 0 Å². The van der Waals surface area contributed by atoms with Gasteiger partial charge in [0.05, 0.1) is 7.11 Å². The van der Waals surface area contributed by atoms with E-state index in [4.69, 9.17) is 9.47 Å². The lowest BCUT2D eigenvalue weighted by Gasteiger charge is -2.33. The van der Waals surface area contributed by atoms with E-state index in [0.29, 0.717) is 24.2 Å². The molecular weight excluding hydrogens is 316 g/mol. The van der Waals surface area contributed by atoms with E-state index in [2.05, 4.69) is 0 Å². The second-order valence-electron chi connectivity index (χ2n) is 6.71. The van der Waals surface area contributed by atoms with E-state index in [0.717, 1.165) is 30.0 Å². The molecule has 1 heterocycles. The van der Waals surface area contributed by atoms with Crippen LogP contribution in [0, 0.1) is 0 Å². The van der Waals surface area contributed by atoms with E-state index < -0.39 is 11.6 Å². The van der Waals surface area contributed by atoms with Gasteiger partial charge in [-0.3, -0.25) is 4.79 Å². The van der Waals surface area contributed by atoms with Crippen molar-refractivity contribution >= 4 is 22.5 Å². The fourth-order valence-corrected chi connectivity index (χ4v) is 4.09. The summed E-state index contributed by atoms with van der Waals surface area (Å²) in [5, 5.41) is 1.79. The van der Waals surface area contributed by atoms with Gasteiger partial charge in [0.2, 0.25) is 5.78 Å². The van der Waals surface area contributed by atoms with E-state index in [1.54, 1.807) is 6.07 Å². The summed E-state index contributed by atoms with van der Waals surface area (Å²) in [7, 11) is 1.52. The lowest BCUT2D eigenvalue weighted by atomic mass is 9.82. The summed E-state index contributed by atoms with van der Waals surface area (Å²) in [6.07, 6.45) is 4.48. The molecule has 128 valence electrons. The van der Waals surface area contributed by atoms with Gasteiger partial charge in [-0.25, -0.2) is 4.79 Å². The zero-order valence-electron chi connectivity index (χ0n) is 14.2. The number of carbonyl (C=O) groups excluding carboxylic acids is 2. The maximum atomic E-state index is 13.2. The van der Waals surface area contributed by atoms with Crippen molar-refractivity contribution in [2.24, 2.45) is 0 Å². The third kappa shape index (κ3) is 2.44. The monoisotopic (exact) mass is 336 g/mol. The third-order valence-electron chi connectivity index (χ3n) is 5.26. The fourth-order valence-electron chi connectivity index (χ4n) is 4.09. The first-order valence-corrected chi connectivity index (χ1v) is 8.71. The highest BCUT2D eigenvalue weighted by Gasteiger charge is 2.51. The highest BCUT2D eigenvalue weighted by atomic mass is 16.6. The van der Waals surface area contributed by atoms with E-state index in [9.17, 15) is 9.59 Å². The van der Waals surface area contributed by atoms with Crippen LogP contribution in [-0.2, 0) is 14.3 Å². The molecule has 2 aromatic rings. The highest BCUT2D eigenvalue weighted by molar-refractivity contribution is 6.28. The van der Waals surface area contributed by atoms with Gasteiger partial charge in [0.1, 0.15) is 5.57 Å². The average molecular weight is 336 g/mol. The van der Waals surface area contributed by atoms with Crippen LogP contribution < -0.4 is 0 Å². The summed E-state index contributed by atoms with van der Waals surface area (Å²) in [6.45, 7) is 0. The van der Waals surface area contributed by atoms with Gasteiger partial charge in [-0.15, -0.1) is 0 Å². The molecule has 1 aliphatic heterocycles. The molecule has 4 heteroatoms. The molecule has 0 bridgehead atoms. The molecule has 2 aromatic carbocycles. The Hall–Kier alpha value is -2.62. The number of fused-ring (bicyclic) bond motifs is 1. The zero-order valence-corrected chi connectivity index (χ0v) is 14.2. The number of hydrogen-bond acceptors (Lipinski definition) is 4. The number of hydrogen-bond donors (Lipinski definition) is 0. The van der Waals surface area contributed by atoms with Crippen molar-refractivity contribution in [1.82, 2.24) is 0 Å². The summed E-state index contributed by atoms with van der Waals surface area (Å²) in [6, 6.07) is 13.2. The maximum absolute atomic E-state index is 13.2. The van der Waals surface area contributed by atoms with Crippen LogP contribution in [0.1, 0.15) is 42.5 Å². The molecule has 0 aromatic heterocycles. The number of ether oxygens (including phenoxy) is 2. The molecule has 4 rings (SSSR count). The molecule has 1 saturated carbocycles. The Bertz CT molecular complexity index is 882. The molecule has 0 N–H and O–H groups in total. The molecule has 1 aliphatic carbocycles. The van der Waals surface area contributed by atoms with Crippen LogP contribution in [0.25, 0.3) is 10.8 Å². The largest absolute Gasteiger partial charge is 0.496 e. The van der Waals surface area contributed by atoms with Gasteiger partial charge in [-0.05, 0) is 36.5 Å². The maximum Gasteiger partial charge on any atom is 0.346 e. The van der Waals surface area contributed by atoms with Gasteiger partial charge < -0.3 is 9.47 Å². The van der Waals surface area contributed by atoms with Crippen molar-refractivity contribution in [3.05, 3.63) is 59.4 Å². The Kier molecular flexibility index (Phi) is 3.83. The van der Waals surface area contributed by atoms with Gasteiger partial charge in [0.15, 0.2) is 11.4 Å². The Morgan fingerprint density at radius 2 is 1.76 bits per heavy atom. The molecule has 0 radical (unpaired) electrons. The summed E-state index contributed by atoms with van der Waals surface area (Å²) < 4.78 is 11.3. The fraction of sp³-hybridized carbons (Fsp3) is 0.333. The predicted octanol–water partition coefficient (Wildman–Crippen LogP) is 4.18. The Balaban J connectivity index is 1.85. The minimum Gasteiger partial charge on any atom is -0.496 e. The molecule has 0 unspecified atom stereocenters. The molecule has 25 heavy (non-hydrogen) atoms. The zero-order chi connectivity index (χ0) is 17.4. The van der Waals surface area contributed by atoms with Crippen LogP contribution in [-0.4, -0.2) is 24.5 Å². The second-order valence-corrected chi connectivity index (χ2v) is 6.71. The standard InChI is InChI=1S/C21H20O4/c1-24-19-17(20(23)25-21(19)12-5-2-6-13-21)18(22)16-11-7-9-14-8-3-4-10-15(14)16/h3-4,7-11H,2,5-6,12-13H2,1H3. The summed E-state index contributed by atoms with van der Waals surface area (Å²) >= 11 is 0. The quantitative estimate of drug-likeness (QED) is 0.479. The van der Waals surface area contributed by atoms with Crippen LogP contribution in [0.3, 0.4) is 0 Å². The van der Waals surface area contributed by atoms with Gasteiger partial charge in [-0.2, -0.15) is 0 Å². The Labute approximate surface area is 146 Å². The van der Waals surface area contributed by atoms with Crippen LogP contribution >= 0.6 is 0 Å². The van der Waals surface area contributed by atoms with Crippen molar-refractivity contribution in [2.75, 3.05) is 7.11 Å². The number of Topliss-reactive ketones (excluding diaryl/α,β-unsaturated/α-hetero) is 1. The molecule has 1 fully saturated rings. The Morgan fingerprint density at radius 3 is 2.52 bits per heavy atom. The Morgan fingerprint density at radius 1 is 1.04 bits per heavy atom. The molecule has 0 atom stereocenters. The first kappa shape index (κ1) is 15.9. The van der Waals surface area contributed by atoms with E-state index in [1.807, 2.05) is 36.4 Å². The number of esters is 1. The van der Waals surface area contributed by atoms with Crippen LogP contribution in [0.5, 0.6) is 0 Å². The van der Waals surface area contributed by atoms with Gasteiger partial charge in [0, 0.05) is 5.56 Å². The second kappa shape index (κ2) is 6.03. The molecule has 4 nitrogen and oxygen atoms in total. The number of carbonyl (C=O) groups is 2. The number of ketones is 1. The van der Waals surface area contributed by atoms with E-state index in [1.165, 1.54) is 7.11 Å². The number of methoxy groups -OCH3 is 1. The topological polar surface area (TPSA) is 52.6 Å². The van der Waals surface area contributed by atoms with Crippen molar-refractivity contribution in [3.8, 4) is 0 Å². The smallest absolute Gasteiger partial charge is 0.346 e. The minimum absolute atomic E-state index is 0.0563. The van der Waals surface area contributed by atoms with E-state index >= 15 is 0 Å². The van der Waals surface area contributed by atoms with Crippen molar-refractivity contribution < 1.29 is 19.1 Å². The molecule has 0 saturated heterocycles. The third-order valence-corrected chi connectivity index (χ3v) is 5.26. The summed E-state index contributed by atoms with van der Waals surface area (Å²) in [5.74, 6) is -0.465. The lowest BCUT2D eigenvalue weighted by Crippen LogP contribution is -2.35. The van der Waals surface area contributed by atoms with Crippen LogP contribution in [0.4, 0.5) is 0 Å². The highest BCUT2D eigenvalue weighted by Crippen LogP contribution is 2.45. The predicted molar refractivity (Wildman–Crippen MR) is 94.2 cm³/mol. The van der Waals surface area contributed by atoms with Crippen LogP contribution in [0.15, 0.2) is 53.8 Å². The van der Waals surface area contributed by atoms with Gasteiger partial charge in [0.25, 0.3) is 0 Å². The lowest BCUT2D eigenvalue weighted by molar-refractivity contribution is -0.150. The van der Waals surface area contributed by atoms with Gasteiger partial charge >= 0.3 is 5.97 Å². The summed E-state index contributed by atoms with van der Waals surface area (Å²) in [5.41, 5.74) is -0.187. The first-order chi connectivity index (χ1) is 12.2. The van der Waals surface area contributed by atoms with Crippen molar-refractivity contribution in [2.45, 2.75) is 37.7 Å². The van der Waals surface area contributed by atoms with Crippen LogP contribution in [0.2, 0.25) is 0 Å². The molecule has 0 amide bonds. The average Bonchev–Trinajstić information content (AvgIpc) is 2.91. The van der Waals surface area contributed by atoms with Gasteiger partial charge in [-0.1, -0.05) is 48.9 Å². The minimum atomic E-state index is -0.750. The molecular formula is C21H20O4. The SMILES string of the molecule is COC1=C(C(=O)c2cccc3ccccc23)C(=O)OC12CCCCC2. The number of benzene rings is 2. The first-order valence-electron chi connectivity index (χ1n) is 8.71.